The van der Waals surface area contributed by atoms with Gasteiger partial charge in [-0.2, -0.15) is 27.1 Å². The lowest BCUT2D eigenvalue weighted by atomic mass is 9.84. The van der Waals surface area contributed by atoms with E-state index in [0.29, 0.717) is 5.56 Å². The second-order valence-electron chi connectivity index (χ2n) is 10.2. The minimum absolute atomic E-state index is 0.0450. The number of nitrogens with zero attached hydrogens (tertiary/aromatic N) is 2. The fraction of sp³-hybridized carbons (Fsp3) is 0.600. The first kappa shape index (κ1) is 31.7. The summed E-state index contributed by atoms with van der Waals surface area (Å²) in [5, 5.41) is 22.2. The molecule has 3 rings (SSSR count). The average molecular weight is 597 g/mol. The number of nitrogens with one attached hydrogen (secondary N) is 1. The number of hydrogen-bond donors (Lipinski definition) is 3. The Labute approximate surface area is 228 Å². The van der Waals surface area contributed by atoms with E-state index in [1.807, 2.05) is 0 Å². The van der Waals surface area contributed by atoms with Gasteiger partial charge in [0, 0.05) is 24.2 Å². The molecule has 15 heteroatoms. The summed E-state index contributed by atoms with van der Waals surface area (Å²) in [7, 11) is -3.73. The summed E-state index contributed by atoms with van der Waals surface area (Å²) in [5.41, 5.74) is -0.549. The number of nitrogens with two attached hydrogens (primary N) is 1. The maximum absolute atomic E-state index is 13.3. The zero-order valence-electron chi connectivity index (χ0n) is 22.3. The van der Waals surface area contributed by atoms with Crippen LogP contribution in [0.1, 0.15) is 61.1 Å². The van der Waals surface area contributed by atoms with E-state index in [-0.39, 0.29) is 67.0 Å². The molecule has 1 aromatic carbocycles. The lowest BCUT2D eigenvalue weighted by Gasteiger charge is -2.35. The van der Waals surface area contributed by atoms with Crippen molar-refractivity contribution in [1.82, 2.24) is 15.1 Å². The number of carbonyl (C=O) groups is 1. The first-order valence-electron chi connectivity index (χ1n) is 12.7. The molecule has 1 fully saturated rings. The van der Waals surface area contributed by atoms with Crippen molar-refractivity contribution in [3.05, 3.63) is 35.0 Å². The molecule has 9 nitrogen and oxygen atoms in total. The van der Waals surface area contributed by atoms with Crippen molar-refractivity contribution in [2.45, 2.75) is 83.1 Å². The highest BCUT2D eigenvalue weighted by atomic mass is 32.2. The van der Waals surface area contributed by atoms with Crippen LogP contribution in [0.2, 0.25) is 0 Å². The molecule has 0 bridgehead atoms. The van der Waals surface area contributed by atoms with Crippen LogP contribution in [0.3, 0.4) is 0 Å². The number of amides is 1. The highest BCUT2D eigenvalue weighted by molar-refractivity contribution is 7.89. The SMILES string of the molecule is CCn1nc(C(=O)NCC2(O)CCC(S(N)(=O)=O)CC2)c(C)c1-c1ccc(CC(C)C(F)(F)F)cc1OC(F)F. The van der Waals surface area contributed by atoms with E-state index < -0.39 is 51.9 Å². The number of hydrogen-bond acceptors (Lipinski definition) is 6. The predicted octanol–water partition coefficient (Wildman–Crippen LogP) is 3.91. The molecule has 2 aromatic rings. The second kappa shape index (κ2) is 12.0. The molecular weight excluding hydrogens is 563 g/mol. The lowest BCUT2D eigenvalue weighted by Crippen LogP contribution is -2.48. The fourth-order valence-corrected chi connectivity index (χ4v) is 5.74. The van der Waals surface area contributed by atoms with E-state index in [4.69, 9.17) is 5.14 Å². The van der Waals surface area contributed by atoms with E-state index in [1.165, 1.54) is 16.8 Å². The number of aromatic nitrogens is 2. The summed E-state index contributed by atoms with van der Waals surface area (Å²) in [6, 6.07) is 3.87. The molecule has 1 atom stereocenters. The summed E-state index contributed by atoms with van der Waals surface area (Å²) in [6.45, 7) is 1.04. The molecule has 1 unspecified atom stereocenters. The van der Waals surface area contributed by atoms with Crippen LogP contribution in [0.4, 0.5) is 22.0 Å². The van der Waals surface area contributed by atoms with E-state index in [0.717, 1.165) is 13.0 Å². The molecule has 1 saturated carbocycles. The van der Waals surface area contributed by atoms with Crippen molar-refractivity contribution < 1.29 is 45.0 Å². The molecule has 1 aliphatic carbocycles. The Morgan fingerprint density at radius 2 is 1.93 bits per heavy atom. The van der Waals surface area contributed by atoms with Gasteiger partial charge in [-0.1, -0.05) is 13.0 Å². The number of carbonyl (C=O) groups excluding carboxylic acids is 1. The predicted molar refractivity (Wildman–Crippen MR) is 136 cm³/mol. The van der Waals surface area contributed by atoms with Crippen LogP contribution in [0.15, 0.2) is 18.2 Å². The van der Waals surface area contributed by atoms with Crippen molar-refractivity contribution in [1.29, 1.82) is 0 Å². The first-order valence-corrected chi connectivity index (χ1v) is 14.3. The zero-order valence-corrected chi connectivity index (χ0v) is 23.1. The van der Waals surface area contributed by atoms with E-state index in [9.17, 15) is 40.3 Å². The Hall–Kier alpha value is -2.78. The monoisotopic (exact) mass is 596 g/mol. The first-order chi connectivity index (χ1) is 18.4. The van der Waals surface area contributed by atoms with Gasteiger partial charge in [-0.15, -0.1) is 0 Å². The van der Waals surface area contributed by atoms with Crippen LogP contribution in [-0.2, 0) is 23.0 Å². The van der Waals surface area contributed by atoms with Crippen molar-refractivity contribution >= 4 is 15.9 Å². The molecule has 224 valence electrons. The number of alkyl halides is 5. The Morgan fingerprint density at radius 1 is 1.30 bits per heavy atom. The maximum Gasteiger partial charge on any atom is 0.391 e. The number of primary sulfonamides is 1. The average Bonchev–Trinajstić information content (AvgIpc) is 3.17. The van der Waals surface area contributed by atoms with Crippen LogP contribution in [0.25, 0.3) is 11.3 Å². The summed E-state index contributed by atoms with van der Waals surface area (Å²) in [4.78, 5) is 13.0. The maximum atomic E-state index is 13.3. The van der Waals surface area contributed by atoms with E-state index >= 15 is 0 Å². The van der Waals surface area contributed by atoms with Gasteiger partial charge in [0.1, 0.15) is 5.75 Å². The van der Waals surface area contributed by atoms with Crippen molar-refractivity contribution in [3.8, 4) is 17.0 Å². The highest BCUT2D eigenvalue weighted by Gasteiger charge is 2.38. The van der Waals surface area contributed by atoms with Crippen molar-refractivity contribution in [3.63, 3.8) is 0 Å². The zero-order chi connectivity index (χ0) is 30.0. The Kier molecular flexibility index (Phi) is 9.51. The Morgan fingerprint density at radius 3 is 2.45 bits per heavy atom. The molecule has 0 saturated heterocycles. The van der Waals surface area contributed by atoms with Gasteiger partial charge in [-0.3, -0.25) is 9.48 Å². The van der Waals surface area contributed by atoms with Gasteiger partial charge in [0.2, 0.25) is 10.0 Å². The molecule has 1 aliphatic rings. The fourth-order valence-electron chi connectivity index (χ4n) is 4.85. The molecule has 1 heterocycles. The smallest absolute Gasteiger partial charge is 0.391 e. The topological polar surface area (TPSA) is 137 Å². The number of ether oxygens (including phenoxy) is 1. The van der Waals surface area contributed by atoms with Crippen LogP contribution >= 0.6 is 0 Å². The Balaban J connectivity index is 1.86. The number of sulfonamides is 1. The highest BCUT2D eigenvalue weighted by Crippen LogP contribution is 2.37. The van der Waals surface area contributed by atoms with Gasteiger partial charge in [0.25, 0.3) is 5.91 Å². The van der Waals surface area contributed by atoms with Gasteiger partial charge in [0.05, 0.1) is 22.5 Å². The van der Waals surface area contributed by atoms with Crippen molar-refractivity contribution in [2.24, 2.45) is 11.1 Å². The quantitative estimate of drug-likeness (QED) is 0.356. The minimum Gasteiger partial charge on any atom is -0.434 e. The summed E-state index contributed by atoms with van der Waals surface area (Å²) >= 11 is 0. The van der Waals surface area contributed by atoms with Gasteiger partial charge in [-0.25, -0.2) is 13.6 Å². The molecule has 4 N–H and O–H groups in total. The molecule has 1 aromatic heterocycles. The molecule has 1 amide bonds. The lowest BCUT2D eigenvalue weighted by molar-refractivity contribution is -0.169. The molecular formula is C25H33F5N4O5S. The number of halogens is 5. The standard InChI is InChI=1S/C25H33F5N4O5S/c1-4-34-21(18-6-5-16(11-14(2)25(28,29)30)12-19(18)39-23(26)27)15(3)20(33-34)22(35)32-13-24(36)9-7-17(8-10-24)40(31,37)38/h5-6,12,14,17,23,36H,4,7-11,13H2,1-3H3,(H,32,35)(H2,31,37,38). The van der Waals surface area contributed by atoms with Gasteiger partial charge in [0.15, 0.2) is 5.69 Å². The van der Waals surface area contributed by atoms with Crippen LogP contribution < -0.4 is 15.2 Å². The van der Waals surface area contributed by atoms with Crippen LogP contribution in [0.5, 0.6) is 5.75 Å². The minimum atomic E-state index is -4.46. The summed E-state index contributed by atoms with van der Waals surface area (Å²) in [5.74, 6) is -2.71. The Bertz CT molecular complexity index is 1320. The second-order valence-corrected chi connectivity index (χ2v) is 12.0. The third-order valence-electron chi connectivity index (χ3n) is 7.23. The third kappa shape index (κ3) is 7.49. The number of aryl methyl sites for hydroxylation is 1. The summed E-state index contributed by atoms with van der Waals surface area (Å²) < 4.78 is 94.9. The number of rotatable bonds is 10. The van der Waals surface area contributed by atoms with Gasteiger partial charge in [-0.05, 0) is 63.6 Å². The number of aliphatic hydroxyl groups is 1. The van der Waals surface area contributed by atoms with Crippen LogP contribution in [0, 0.1) is 12.8 Å². The molecule has 0 radical (unpaired) electrons. The van der Waals surface area contributed by atoms with Crippen LogP contribution in [-0.4, -0.2) is 59.4 Å². The largest absolute Gasteiger partial charge is 0.434 e. The third-order valence-corrected chi connectivity index (χ3v) is 8.63. The molecule has 0 aliphatic heterocycles. The number of benzene rings is 1. The normalized spacial score (nSPS) is 20.9. The van der Waals surface area contributed by atoms with Gasteiger partial charge >= 0.3 is 12.8 Å². The summed E-state index contributed by atoms with van der Waals surface area (Å²) in [6.07, 6.45) is -4.40. The molecule has 0 spiro atoms. The van der Waals surface area contributed by atoms with Gasteiger partial charge < -0.3 is 15.2 Å². The van der Waals surface area contributed by atoms with E-state index in [1.54, 1.807) is 13.8 Å². The van der Waals surface area contributed by atoms with Crippen molar-refractivity contribution in [2.75, 3.05) is 6.54 Å². The van der Waals surface area contributed by atoms with E-state index in [2.05, 4.69) is 15.2 Å². The molecule has 40 heavy (non-hydrogen) atoms.